The predicted molar refractivity (Wildman–Crippen MR) is 85.4 cm³/mol. The van der Waals surface area contributed by atoms with Crippen molar-refractivity contribution in [2.24, 2.45) is 0 Å². The van der Waals surface area contributed by atoms with Crippen LogP contribution in [0, 0.1) is 10.1 Å². The largest absolute Gasteiger partial charge is 0.374 e. The van der Waals surface area contributed by atoms with Crippen molar-refractivity contribution in [1.29, 1.82) is 0 Å². The molecule has 0 atom stereocenters. The number of nitrogens with zero attached hydrogens (tertiary/aromatic N) is 2. The van der Waals surface area contributed by atoms with Crippen molar-refractivity contribution in [2.75, 3.05) is 18.5 Å². The molecule has 0 amide bonds. The van der Waals surface area contributed by atoms with Crippen LogP contribution >= 0.6 is 0 Å². The molecular weight excluding hydrogens is 264 g/mol. The van der Waals surface area contributed by atoms with Crippen LogP contribution in [0.1, 0.15) is 16.7 Å². The van der Waals surface area contributed by atoms with Gasteiger partial charge < -0.3 is 4.90 Å². The molecule has 0 aliphatic carbocycles. The number of likely N-dealkylation sites (N-methyl/N-ethyl adjacent to an activating group) is 1. The number of fused-ring (bicyclic) bond motifs is 1. The highest BCUT2D eigenvalue weighted by molar-refractivity contribution is 5.72. The number of hydrogen-bond donors (Lipinski definition) is 0. The molecule has 0 aromatic heterocycles. The lowest BCUT2D eigenvalue weighted by Gasteiger charge is -2.11. The van der Waals surface area contributed by atoms with Crippen LogP contribution < -0.4 is 4.90 Å². The molecule has 3 rings (SSSR count). The molecule has 106 valence electrons. The van der Waals surface area contributed by atoms with Gasteiger partial charge in [0.2, 0.25) is 0 Å². The molecule has 0 radical (unpaired) electrons. The van der Waals surface area contributed by atoms with Gasteiger partial charge in [0.15, 0.2) is 0 Å². The van der Waals surface area contributed by atoms with E-state index in [4.69, 9.17) is 0 Å². The van der Waals surface area contributed by atoms with Gasteiger partial charge in [-0.15, -0.1) is 0 Å². The first-order chi connectivity index (χ1) is 10.1. The Kier molecular flexibility index (Phi) is 3.44. The molecule has 0 fully saturated rings. The molecule has 0 saturated heterocycles. The molecule has 0 N–H and O–H groups in total. The van der Waals surface area contributed by atoms with Crippen molar-refractivity contribution in [3.05, 3.63) is 69.3 Å². The zero-order valence-corrected chi connectivity index (χ0v) is 11.8. The first-order valence-corrected chi connectivity index (χ1v) is 6.90. The Balaban J connectivity index is 1.78. The lowest BCUT2D eigenvalue weighted by Crippen LogP contribution is -2.12. The van der Waals surface area contributed by atoms with Crippen LogP contribution in [0.2, 0.25) is 0 Å². The summed E-state index contributed by atoms with van der Waals surface area (Å²) in [5.41, 5.74) is 4.92. The van der Waals surface area contributed by atoms with Gasteiger partial charge in [0.25, 0.3) is 5.69 Å². The fourth-order valence-electron chi connectivity index (χ4n) is 2.59. The van der Waals surface area contributed by atoms with Crippen molar-refractivity contribution >= 4 is 23.5 Å². The summed E-state index contributed by atoms with van der Waals surface area (Å²) in [6.07, 6.45) is 5.11. The topological polar surface area (TPSA) is 46.4 Å². The molecule has 0 saturated carbocycles. The second-order valence-electron chi connectivity index (χ2n) is 5.24. The second kappa shape index (κ2) is 5.40. The third-order valence-corrected chi connectivity index (χ3v) is 3.80. The zero-order valence-electron chi connectivity index (χ0n) is 11.8. The first-order valence-electron chi connectivity index (χ1n) is 6.90. The highest BCUT2D eigenvalue weighted by Gasteiger charge is 2.14. The maximum absolute atomic E-state index is 10.6. The Morgan fingerprint density at radius 1 is 1.10 bits per heavy atom. The van der Waals surface area contributed by atoms with E-state index in [1.807, 2.05) is 12.2 Å². The van der Waals surface area contributed by atoms with E-state index in [9.17, 15) is 10.1 Å². The summed E-state index contributed by atoms with van der Waals surface area (Å²) in [5.74, 6) is 0. The van der Waals surface area contributed by atoms with Gasteiger partial charge in [0.1, 0.15) is 0 Å². The number of non-ortho nitro benzene ring substituents is 1. The Morgan fingerprint density at radius 2 is 1.76 bits per heavy atom. The third-order valence-electron chi connectivity index (χ3n) is 3.80. The van der Waals surface area contributed by atoms with Gasteiger partial charge in [0.05, 0.1) is 4.92 Å². The van der Waals surface area contributed by atoms with E-state index in [-0.39, 0.29) is 10.6 Å². The Bertz CT molecular complexity index is 705. The standard InChI is InChI=1S/C17H16N2O2/c1-18-11-10-15-12-14(6-9-17(15)18)3-2-13-4-7-16(8-5-13)19(20)21/h2-9,12H,10-11H2,1H3/b3-2+. The molecule has 21 heavy (non-hydrogen) atoms. The highest BCUT2D eigenvalue weighted by atomic mass is 16.6. The summed E-state index contributed by atoms with van der Waals surface area (Å²) in [5, 5.41) is 10.6. The van der Waals surface area contributed by atoms with Crippen LogP contribution in [-0.4, -0.2) is 18.5 Å². The first kappa shape index (κ1) is 13.4. The summed E-state index contributed by atoms with van der Waals surface area (Å²) in [6, 6.07) is 13.0. The molecule has 2 aromatic carbocycles. The fraction of sp³-hybridized carbons (Fsp3) is 0.176. The predicted octanol–water partition coefficient (Wildman–Crippen LogP) is 3.76. The number of benzene rings is 2. The average Bonchev–Trinajstić information content (AvgIpc) is 2.86. The van der Waals surface area contributed by atoms with Crippen LogP contribution in [-0.2, 0) is 6.42 Å². The molecule has 4 nitrogen and oxygen atoms in total. The lowest BCUT2D eigenvalue weighted by molar-refractivity contribution is -0.384. The third kappa shape index (κ3) is 2.79. The number of nitro benzene ring substituents is 1. The van der Waals surface area contributed by atoms with Crippen LogP contribution in [0.5, 0.6) is 0 Å². The molecule has 0 unspecified atom stereocenters. The zero-order chi connectivity index (χ0) is 14.8. The highest BCUT2D eigenvalue weighted by Crippen LogP contribution is 2.28. The van der Waals surface area contributed by atoms with Crippen LogP contribution in [0.15, 0.2) is 42.5 Å². The van der Waals surface area contributed by atoms with Gasteiger partial charge in [-0.1, -0.05) is 18.2 Å². The fourth-order valence-corrected chi connectivity index (χ4v) is 2.59. The summed E-state index contributed by atoms with van der Waals surface area (Å²) < 4.78 is 0. The minimum Gasteiger partial charge on any atom is -0.374 e. The van der Waals surface area contributed by atoms with E-state index in [1.165, 1.54) is 23.4 Å². The molecule has 4 heteroatoms. The number of rotatable bonds is 3. The van der Waals surface area contributed by atoms with E-state index in [2.05, 4.69) is 30.1 Å². The molecular formula is C17H16N2O2. The van der Waals surface area contributed by atoms with Crippen LogP contribution in [0.3, 0.4) is 0 Å². The SMILES string of the molecule is CN1CCc2cc(/C=C/c3ccc([N+](=O)[O-])cc3)ccc21. The quantitative estimate of drug-likeness (QED) is 0.488. The van der Waals surface area contributed by atoms with E-state index < -0.39 is 0 Å². The molecule has 1 aliphatic rings. The van der Waals surface area contributed by atoms with Crippen LogP contribution in [0.25, 0.3) is 12.2 Å². The van der Waals surface area contributed by atoms with Gasteiger partial charge in [0, 0.05) is 31.4 Å². The molecule has 1 heterocycles. The van der Waals surface area contributed by atoms with Crippen molar-refractivity contribution in [3.63, 3.8) is 0 Å². The van der Waals surface area contributed by atoms with Gasteiger partial charge >= 0.3 is 0 Å². The lowest BCUT2D eigenvalue weighted by atomic mass is 10.1. The smallest absolute Gasteiger partial charge is 0.269 e. The summed E-state index contributed by atoms with van der Waals surface area (Å²) in [4.78, 5) is 12.5. The van der Waals surface area contributed by atoms with Crippen molar-refractivity contribution < 1.29 is 4.92 Å². The minimum absolute atomic E-state index is 0.118. The maximum atomic E-state index is 10.6. The van der Waals surface area contributed by atoms with E-state index in [1.54, 1.807) is 12.1 Å². The molecule has 2 aromatic rings. The Labute approximate surface area is 123 Å². The monoisotopic (exact) mass is 280 g/mol. The van der Waals surface area contributed by atoms with Crippen LogP contribution in [0.4, 0.5) is 11.4 Å². The second-order valence-corrected chi connectivity index (χ2v) is 5.24. The van der Waals surface area contributed by atoms with Gasteiger partial charge in [-0.3, -0.25) is 10.1 Å². The molecule has 0 spiro atoms. The number of hydrogen-bond acceptors (Lipinski definition) is 3. The van der Waals surface area contributed by atoms with Gasteiger partial charge in [-0.2, -0.15) is 0 Å². The minimum atomic E-state index is -0.384. The van der Waals surface area contributed by atoms with Gasteiger partial charge in [-0.05, 0) is 47.4 Å². The molecule has 1 aliphatic heterocycles. The van der Waals surface area contributed by atoms with Crippen molar-refractivity contribution in [3.8, 4) is 0 Å². The van der Waals surface area contributed by atoms with Gasteiger partial charge in [-0.25, -0.2) is 0 Å². The summed E-state index contributed by atoms with van der Waals surface area (Å²) in [7, 11) is 2.11. The summed E-state index contributed by atoms with van der Waals surface area (Å²) in [6.45, 7) is 1.07. The summed E-state index contributed by atoms with van der Waals surface area (Å²) >= 11 is 0. The Hall–Kier alpha value is -2.62. The van der Waals surface area contributed by atoms with Crippen molar-refractivity contribution in [1.82, 2.24) is 0 Å². The van der Waals surface area contributed by atoms with E-state index >= 15 is 0 Å². The number of nitro groups is 1. The normalized spacial score (nSPS) is 13.7. The molecule has 0 bridgehead atoms. The van der Waals surface area contributed by atoms with E-state index in [0.29, 0.717) is 0 Å². The number of anilines is 1. The van der Waals surface area contributed by atoms with E-state index in [0.717, 1.165) is 24.1 Å². The maximum Gasteiger partial charge on any atom is 0.269 e. The Morgan fingerprint density at radius 3 is 2.48 bits per heavy atom. The average molecular weight is 280 g/mol. The van der Waals surface area contributed by atoms with Crippen molar-refractivity contribution in [2.45, 2.75) is 6.42 Å².